The summed E-state index contributed by atoms with van der Waals surface area (Å²) in [5.74, 6) is 0.621. The Bertz CT molecular complexity index is 159. The molecule has 1 rings (SSSR count). The number of rotatable bonds is 8. The average Bonchev–Trinajstić information content (AvgIpc) is 2.80. The molecule has 0 amide bonds. The summed E-state index contributed by atoms with van der Waals surface area (Å²) in [6.07, 6.45) is 3.85. The van der Waals surface area contributed by atoms with Gasteiger partial charge >= 0.3 is 0 Å². The van der Waals surface area contributed by atoms with Crippen molar-refractivity contribution in [3.63, 3.8) is 0 Å². The SMILES string of the molecule is CCC(CC)NCC(C)OCC1CCOC1. The lowest BCUT2D eigenvalue weighted by atomic mass is 10.1. The fraction of sp³-hybridized carbons (Fsp3) is 1.00. The first-order valence-electron chi connectivity index (χ1n) is 6.69. The van der Waals surface area contributed by atoms with Crippen molar-refractivity contribution in [3.05, 3.63) is 0 Å². The van der Waals surface area contributed by atoms with E-state index in [1.807, 2.05) is 0 Å². The molecule has 96 valence electrons. The van der Waals surface area contributed by atoms with E-state index in [4.69, 9.17) is 9.47 Å². The quantitative estimate of drug-likeness (QED) is 0.692. The molecule has 1 aliphatic rings. The van der Waals surface area contributed by atoms with Gasteiger partial charge in [0.15, 0.2) is 0 Å². The first kappa shape index (κ1) is 13.9. The Morgan fingerprint density at radius 1 is 1.38 bits per heavy atom. The van der Waals surface area contributed by atoms with E-state index < -0.39 is 0 Å². The lowest BCUT2D eigenvalue weighted by Gasteiger charge is -2.20. The Labute approximate surface area is 99.9 Å². The predicted octanol–water partition coefficient (Wildman–Crippen LogP) is 2.21. The van der Waals surface area contributed by atoms with Crippen LogP contribution in [0, 0.1) is 5.92 Å². The van der Waals surface area contributed by atoms with Crippen LogP contribution in [-0.4, -0.2) is 38.5 Å². The van der Waals surface area contributed by atoms with Gasteiger partial charge in [-0.05, 0) is 26.2 Å². The van der Waals surface area contributed by atoms with Crippen LogP contribution in [0.1, 0.15) is 40.0 Å². The van der Waals surface area contributed by atoms with Crippen molar-refractivity contribution >= 4 is 0 Å². The molecule has 0 bridgehead atoms. The minimum absolute atomic E-state index is 0.307. The largest absolute Gasteiger partial charge is 0.381 e. The normalized spacial score (nSPS) is 22.9. The van der Waals surface area contributed by atoms with Gasteiger partial charge in [-0.1, -0.05) is 13.8 Å². The highest BCUT2D eigenvalue weighted by atomic mass is 16.5. The first-order valence-corrected chi connectivity index (χ1v) is 6.69. The van der Waals surface area contributed by atoms with Gasteiger partial charge in [0.1, 0.15) is 0 Å². The topological polar surface area (TPSA) is 30.5 Å². The molecular weight excluding hydrogens is 202 g/mol. The second-order valence-corrected chi connectivity index (χ2v) is 4.80. The van der Waals surface area contributed by atoms with Crippen LogP contribution in [0.5, 0.6) is 0 Å². The molecule has 2 unspecified atom stereocenters. The van der Waals surface area contributed by atoms with Gasteiger partial charge in [0.25, 0.3) is 0 Å². The third-order valence-corrected chi connectivity index (χ3v) is 3.32. The molecule has 0 saturated carbocycles. The van der Waals surface area contributed by atoms with Crippen LogP contribution in [0.4, 0.5) is 0 Å². The van der Waals surface area contributed by atoms with Gasteiger partial charge in [-0.3, -0.25) is 0 Å². The molecule has 1 fully saturated rings. The second kappa shape index (κ2) is 8.04. The van der Waals surface area contributed by atoms with E-state index in [1.54, 1.807) is 0 Å². The number of hydrogen-bond donors (Lipinski definition) is 1. The summed E-state index contributed by atoms with van der Waals surface area (Å²) in [6, 6.07) is 0.640. The summed E-state index contributed by atoms with van der Waals surface area (Å²) in [6.45, 7) is 10.2. The maximum Gasteiger partial charge on any atom is 0.0671 e. The summed E-state index contributed by atoms with van der Waals surface area (Å²) in [5.41, 5.74) is 0. The molecule has 0 spiro atoms. The Morgan fingerprint density at radius 3 is 2.69 bits per heavy atom. The molecule has 2 atom stereocenters. The molecule has 1 saturated heterocycles. The van der Waals surface area contributed by atoms with Gasteiger partial charge in [0.05, 0.1) is 19.3 Å². The standard InChI is InChI=1S/C13H27NO2/c1-4-13(5-2)14-8-11(3)16-10-12-6-7-15-9-12/h11-14H,4-10H2,1-3H3. The van der Waals surface area contributed by atoms with Gasteiger partial charge < -0.3 is 14.8 Å². The third-order valence-electron chi connectivity index (χ3n) is 3.32. The maximum atomic E-state index is 5.82. The summed E-state index contributed by atoms with van der Waals surface area (Å²) in [5, 5.41) is 3.54. The summed E-state index contributed by atoms with van der Waals surface area (Å²) >= 11 is 0. The highest BCUT2D eigenvalue weighted by molar-refractivity contribution is 4.67. The third kappa shape index (κ3) is 5.28. The van der Waals surface area contributed by atoms with E-state index >= 15 is 0 Å². The lowest BCUT2D eigenvalue weighted by molar-refractivity contribution is 0.0353. The number of ether oxygens (including phenoxy) is 2. The fourth-order valence-electron chi connectivity index (χ4n) is 1.98. The highest BCUT2D eigenvalue weighted by Gasteiger charge is 2.17. The van der Waals surface area contributed by atoms with Gasteiger partial charge in [-0.2, -0.15) is 0 Å². The van der Waals surface area contributed by atoms with E-state index in [1.165, 1.54) is 12.8 Å². The Balaban J connectivity index is 2.03. The van der Waals surface area contributed by atoms with Gasteiger partial charge in [-0.25, -0.2) is 0 Å². The van der Waals surface area contributed by atoms with Crippen molar-refractivity contribution in [2.24, 2.45) is 5.92 Å². The van der Waals surface area contributed by atoms with Crippen molar-refractivity contribution in [1.82, 2.24) is 5.32 Å². The van der Waals surface area contributed by atoms with Crippen LogP contribution < -0.4 is 5.32 Å². The van der Waals surface area contributed by atoms with E-state index in [9.17, 15) is 0 Å². The Hall–Kier alpha value is -0.120. The minimum atomic E-state index is 0.307. The zero-order valence-corrected chi connectivity index (χ0v) is 11.0. The molecule has 0 aromatic carbocycles. The Kier molecular flexibility index (Phi) is 7.01. The molecule has 0 aromatic rings. The first-order chi connectivity index (χ1) is 7.76. The Morgan fingerprint density at radius 2 is 2.12 bits per heavy atom. The molecule has 16 heavy (non-hydrogen) atoms. The summed E-state index contributed by atoms with van der Waals surface area (Å²) in [7, 11) is 0. The van der Waals surface area contributed by atoms with E-state index in [-0.39, 0.29) is 0 Å². The van der Waals surface area contributed by atoms with Crippen molar-refractivity contribution in [2.75, 3.05) is 26.4 Å². The zero-order valence-electron chi connectivity index (χ0n) is 11.0. The van der Waals surface area contributed by atoms with Crippen LogP contribution in [0.15, 0.2) is 0 Å². The van der Waals surface area contributed by atoms with Crippen LogP contribution in [-0.2, 0) is 9.47 Å². The maximum absolute atomic E-state index is 5.82. The van der Waals surface area contributed by atoms with E-state index in [0.29, 0.717) is 18.1 Å². The lowest BCUT2D eigenvalue weighted by Crippen LogP contribution is -2.35. The van der Waals surface area contributed by atoms with Crippen molar-refractivity contribution in [3.8, 4) is 0 Å². The average molecular weight is 229 g/mol. The van der Waals surface area contributed by atoms with Crippen molar-refractivity contribution in [1.29, 1.82) is 0 Å². The summed E-state index contributed by atoms with van der Waals surface area (Å²) in [4.78, 5) is 0. The van der Waals surface area contributed by atoms with E-state index in [2.05, 4.69) is 26.1 Å². The molecule has 1 heterocycles. The van der Waals surface area contributed by atoms with Gasteiger partial charge in [0.2, 0.25) is 0 Å². The van der Waals surface area contributed by atoms with Crippen LogP contribution in [0.2, 0.25) is 0 Å². The molecule has 0 radical (unpaired) electrons. The molecule has 3 heteroatoms. The second-order valence-electron chi connectivity index (χ2n) is 4.80. The smallest absolute Gasteiger partial charge is 0.0671 e. The predicted molar refractivity (Wildman–Crippen MR) is 66.7 cm³/mol. The van der Waals surface area contributed by atoms with Crippen LogP contribution >= 0.6 is 0 Å². The molecule has 1 N–H and O–H groups in total. The van der Waals surface area contributed by atoms with Crippen molar-refractivity contribution < 1.29 is 9.47 Å². The minimum Gasteiger partial charge on any atom is -0.381 e. The van der Waals surface area contributed by atoms with Crippen LogP contribution in [0.25, 0.3) is 0 Å². The molecular formula is C13H27NO2. The number of hydrogen-bond acceptors (Lipinski definition) is 3. The highest BCUT2D eigenvalue weighted by Crippen LogP contribution is 2.13. The molecule has 0 aromatic heterocycles. The zero-order chi connectivity index (χ0) is 11.8. The number of nitrogens with one attached hydrogen (secondary N) is 1. The summed E-state index contributed by atoms with van der Waals surface area (Å²) < 4.78 is 11.1. The van der Waals surface area contributed by atoms with Gasteiger partial charge in [-0.15, -0.1) is 0 Å². The van der Waals surface area contributed by atoms with E-state index in [0.717, 1.165) is 32.8 Å². The van der Waals surface area contributed by atoms with Crippen molar-refractivity contribution in [2.45, 2.75) is 52.2 Å². The fourth-order valence-corrected chi connectivity index (χ4v) is 1.98. The molecule has 3 nitrogen and oxygen atoms in total. The monoisotopic (exact) mass is 229 g/mol. The molecule has 1 aliphatic heterocycles. The van der Waals surface area contributed by atoms with Gasteiger partial charge in [0, 0.05) is 25.1 Å². The van der Waals surface area contributed by atoms with Crippen LogP contribution in [0.3, 0.4) is 0 Å². The molecule has 0 aliphatic carbocycles.